The third-order valence-electron chi connectivity index (χ3n) is 8.12. The lowest BCUT2D eigenvalue weighted by Gasteiger charge is -2.36. The van der Waals surface area contributed by atoms with Gasteiger partial charge in [0, 0.05) is 46.9 Å². The highest BCUT2D eigenvalue weighted by Gasteiger charge is 2.53. The lowest BCUT2D eigenvalue weighted by molar-refractivity contribution is -0.137. The van der Waals surface area contributed by atoms with Crippen molar-refractivity contribution in [3.8, 4) is 5.75 Å². The average molecular weight is 684 g/mol. The number of halogens is 6. The molecular weight excluding hydrogens is 661 g/mol. The fourth-order valence-electron chi connectivity index (χ4n) is 5.82. The van der Waals surface area contributed by atoms with Crippen LogP contribution >= 0.6 is 11.6 Å². The summed E-state index contributed by atoms with van der Waals surface area (Å²) in [6.07, 6.45) is -3.61. The van der Waals surface area contributed by atoms with Crippen LogP contribution in [-0.2, 0) is 25.5 Å². The minimum absolute atomic E-state index is 0.0596. The summed E-state index contributed by atoms with van der Waals surface area (Å²) in [7, 11) is 2.89. The van der Waals surface area contributed by atoms with E-state index in [1.807, 2.05) is 0 Å². The van der Waals surface area contributed by atoms with Crippen LogP contribution in [0, 0.1) is 11.6 Å². The predicted octanol–water partition coefficient (Wildman–Crippen LogP) is 6.60. The molecule has 0 saturated carbocycles. The molecule has 4 aromatic carbocycles. The van der Waals surface area contributed by atoms with Crippen LogP contribution in [0.2, 0.25) is 5.02 Å². The monoisotopic (exact) mass is 683 g/mol. The van der Waals surface area contributed by atoms with E-state index in [1.54, 1.807) is 24.3 Å². The number of aliphatic hydroxyl groups is 1. The van der Waals surface area contributed by atoms with E-state index in [0.717, 1.165) is 29.2 Å². The zero-order valence-corrected chi connectivity index (χ0v) is 25.7. The molecule has 1 unspecified atom stereocenters. The van der Waals surface area contributed by atoms with E-state index in [-0.39, 0.29) is 45.1 Å². The number of methoxy groups -OCH3 is 1. The lowest BCUT2D eigenvalue weighted by atomic mass is 9.89. The first-order chi connectivity index (χ1) is 22.6. The van der Waals surface area contributed by atoms with E-state index in [9.17, 15) is 41.4 Å². The van der Waals surface area contributed by atoms with Crippen molar-refractivity contribution in [2.45, 2.75) is 18.4 Å². The number of rotatable bonds is 6. The maximum atomic E-state index is 14.8. The Balaban J connectivity index is 1.63. The van der Waals surface area contributed by atoms with Crippen LogP contribution in [0.3, 0.4) is 0 Å². The molecule has 48 heavy (non-hydrogen) atoms. The molecule has 2 amide bonds. The topological polar surface area (TPSA) is 101 Å². The highest BCUT2D eigenvalue weighted by Crippen LogP contribution is 2.50. The Morgan fingerprint density at radius 3 is 2.33 bits per heavy atom. The normalized spacial score (nSPS) is 15.9. The van der Waals surface area contributed by atoms with E-state index in [2.05, 4.69) is 5.32 Å². The van der Waals surface area contributed by atoms with Crippen molar-refractivity contribution >= 4 is 39.9 Å². The van der Waals surface area contributed by atoms with Gasteiger partial charge in [-0.05, 0) is 66.2 Å². The summed E-state index contributed by atoms with van der Waals surface area (Å²) in [4.78, 5) is 42.2. The van der Waals surface area contributed by atoms with Crippen LogP contribution in [0.4, 0.5) is 27.6 Å². The van der Waals surface area contributed by atoms with E-state index in [1.165, 1.54) is 31.0 Å². The highest BCUT2D eigenvalue weighted by molar-refractivity contribution is 6.31. The van der Waals surface area contributed by atoms with Gasteiger partial charge in [-0.1, -0.05) is 23.7 Å². The Morgan fingerprint density at radius 2 is 1.67 bits per heavy atom. The standard InChI is InChI=1S/C34H23ClF5N3O5/c1-42-10-9-23-24(31(42)45)15-27(41-30(44)18-11-19(34(38,39)40)13-21(37)12-18)29-28(23)32(46)43(16-17-3-6-22(48-2)7-4-17)33(29,47)25-14-20(36)5-8-26(25)35/h3-15,47H,16H2,1-2H3,(H,41,44). The smallest absolute Gasteiger partial charge is 0.416 e. The Morgan fingerprint density at radius 1 is 0.958 bits per heavy atom. The zero-order valence-electron chi connectivity index (χ0n) is 25.0. The van der Waals surface area contributed by atoms with Gasteiger partial charge in [0.05, 0.1) is 29.3 Å². The number of hydrogen-bond acceptors (Lipinski definition) is 5. The number of nitrogens with one attached hydrogen (secondary N) is 1. The number of carbonyl (C=O) groups excluding carboxylic acids is 2. The Hall–Kier alpha value is -5.27. The molecule has 0 fully saturated rings. The largest absolute Gasteiger partial charge is 0.497 e. The SMILES string of the molecule is COc1ccc(CN2C(=O)c3c(c(NC(=O)c4cc(F)cc(C(F)(F)F)c4)cc4c(=O)n(C)ccc34)C2(O)c2cc(F)ccc2Cl)cc1. The maximum Gasteiger partial charge on any atom is 0.416 e. The summed E-state index contributed by atoms with van der Waals surface area (Å²) >= 11 is 6.51. The van der Waals surface area contributed by atoms with Gasteiger partial charge in [-0.25, -0.2) is 8.78 Å². The van der Waals surface area contributed by atoms with Gasteiger partial charge in [0.25, 0.3) is 17.4 Å². The Labute approximate surface area is 273 Å². The molecule has 246 valence electrons. The first-order valence-corrected chi connectivity index (χ1v) is 14.5. The minimum Gasteiger partial charge on any atom is -0.497 e. The lowest BCUT2D eigenvalue weighted by Crippen LogP contribution is -2.44. The fraction of sp³-hybridized carbons (Fsp3) is 0.147. The molecule has 6 rings (SSSR count). The van der Waals surface area contributed by atoms with E-state index < -0.39 is 57.7 Å². The number of carbonyl (C=O) groups is 2. The summed E-state index contributed by atoms with van der Waals surface area (Å²) in [5.74, 6) is -3.80. The second kappa shape index (κ2) is 11.8. The number of hydrogen-bond donors (Lipinski definition) is 2. The molecule has 0 bridgehead atoms. The number of amides is 2. The molecular formula is C34H23ClF5N3O5. The second-order valence-electron chi connectivity index (χ2n) is 11.1. The number of alkyl halides is 3. The van der Waals surface area contributed by atoms with Gasteiger partial charge >= 0.3 is 6.18 Å². The number of ether oxygens (including phenoxy) is 1. The van der Waals surface area contributed by atoms with E-state index in [0.29, 0.717) is 23.4 Å². The number of nitrogens with zero attached hydrogens (tertiary/aromatic N) is 2. The molecule has 0 spiro atoms. The van der Waals surface area contributed by atoms with Gasteiger partial charge in [0.2, 0.25) is 0 Å². The average Bonchev–Trinajstić information content (AvgIpc) is 3.27. The molecule has 1 aliphatic heterocycles. The van der Waals surface area contributed by atoms with Gasteiger partial charge < -0.3 is 19.7 Å². The molecule has 2 N–H and O–H groups in total. The summed E-state index contributed by atoms with van der Waals surface area (Å²) in [6.45, 7) is -0.306. The minimum atomic E-state index is -4.99. The molecule has 14 heteroatoms. The van der Waals surface area contributed by atoms with E-state index in [4.69, 9.17) is 16.3 Å². The van der Waals surface area contributed by atoms with Crippen molar-refractivity contribution in [3.63, 3.8) is 0 Å². The van der Waals surface area contributed by atoms with Crippen molar-refractivity contribution in [3.05, 3.63) is 139 Å². The molecule has 0 aliphatic carbocycles. The summed E-state index contributed by atoms with van der Waals surface area (Å²) < 4.78 is 75.9. The van der Waals surface area contributed by atoms with Crippen molar-refractivity contribution in [1.29, 1.82) is 0 Å². The molecule has 1 aromatic heterocycles. The number of benzene rings is 4. The van der Waals surface area contributed by atoms with Crippen molar-refractivity contribution in [1.82, 2.24) is 9.47 Å². The van der Waals surface area contributed by atoms with Crippen LogP contribution in [0.1, 0.15) is 43.0 Å². The number of anilines is 1. The summed E-state index contributed by atoms with van der Waals surface area (Å²) in [5.41, 5.74) is -6.24. The Kier molecular flexibility index (Phi) is 8.00. The van der Waals surface area contributed by atoms with Crippen LogP contribution < -0.4 is 15.6 Å². The van der Waals surface area contributed by atoms with Crippen molar-refractivity contribution in [2.24, 2.45) is 7.05 Å². The van der Waals surface area contributed by atoms with Gasteiger partial charge in [-0.3, -0.25) is 19.3 Å². The summed E-state index contributed by atoms with van der Waals surface area (Å²) in [5, 5.41) is 14.9. The summed E-state index contributed by atoms with van der Waals surface area (Å²) in [6, 6.07) is 13.3. The zero-order chi connectivity index (χ0) is 34.7. The molecule has 1 atom stereocenters. The van der Waals surface area contributed by atoms with Gasteiger partial charge in [0.1, 0.15) is 17.4 Å². The van der Waals surface area contributed by atoms with Gasteiger partial charge in [-0.15, -0.1) is 0 Å². The quantitative estimate of drug-likeness (QED) is 0.197. The van der Waals surface area contributed by atoms with Crippen LogP contribution in [-0.4, -0.2) is 33.5 Å². The van der Waals surface area contributed by atoms with Crippen molar-refractivity contribution in [2.75, 3.05) is 12.4 Å². The van der Waals surface area contributed by atoms with Crippen LogP contribution in [0.15, 0.2) is 83.8 Å². The predicted molar refractivity (Wildman–Crippen MR) is 166 cm³/mol. The number of aromatic nitrogens is 1. The first-order valence-electron chi connectivity index (χ1n) is 14.1. The van der Waals surface area contributed by atoms with E-state index >= 15 is 0 Å². The number of aryl methyl sites for hydroxylation is 1. The third-order valence-corrected chi connectivity index (χ3v) is 8.45. The maximum absolute atomic E-state index is 14.8. The number of pyridine rings is 1. The fourth-order valence-corrected chi connectivity index (χ4v) is 6.06. The highest BCUT2D eigenvalue weighted by atomic mass is 35.5. The third kappa shape index (κ3) is 5.44. The first kappa shape index (κ1) is 32.7. The second-order valence-corrected chi connectivity index (χ2v) is 11.5. The molecule has 5 aromatic rings. The van der Waals surface area contributed by atoms with Crippen molar-refractivity contribution < 1.29 is 41.4 Å². The van der Waals surface area contributed by atoms with Crippen LogP contribution in [0.25, 0.3) is 10.8 Å². The molecule has 0 saturated heterocycles. The Bertz CT molecular complexity index is 2200. The molecule has 1 aliphatic rings. The number of fused-ring (bicyclic) bond motifs is 3. The van der Waals surface area contributed by atoms with Crippen LogP contribution in [0.5, 0.6) is 5.75 Å². The molecule has 0 radical (unpaired) electrons. The van der Waals surface area contributed by atoms with Gasteiger partial charge in [-0.2, -0.15) is 13.2 Å². The molecule has 8 nitrogen and oxygen atoms in total. The molecule has 2 heterocycles. The van der Waals surface area contributed by atoms with Gasteiger partial charge in [0.15, 0.2) is 5.72 Å².